The number of Topliss-reactive ketones (excluding diaryl/α,β-unsaturated/α-hetero) is 1. The van der Waals surface area contributed by atoms with Gasteiger partial charge in [0.25, 0.3) is 0 Å². The third kappa shape index (κ3) is 7.09. The zero-order chi connectivity index (χ0) is 33.2. The van der Waals surface area contributed by atoms with Gasteiger partial charge in [-0.15, -0.1) is 5.10 Å². The molecule has 0 unspecified atom stereocenters. The highest BCUT2D eigenvalue weighted by atomic mass is 35.5. The highest BCUT2D eigenvalue weighted by molar-refractivity contribution is 7.99. The minimum atomic E-state index is -1.08. The summed E-state index contributed by atoms with van der Waals surface area (Å²) >= 11 is 7.77. The number of carbonyl (C=O) groups excluding carboxylic acids is 1. The molecule has 0 spiro atoms. The average Bonchev–Trinajstić information content (AvgIpc) is 3.63. The van der Waals surface area contributed by atoms with E-state index >= 15 is 0 Å². The van der Waals surface area contributed by atoms with Crippen molar-refractivity contribution in [3.63, 3.8) is 0 Å². The number of hydrogen-bond acceptors (Lipinski definition) is 7. The average molecular weight is 675 g/mol. The molecule has 2 heterocycles. The Morgan fingerprint density at radius 2 is 1.96 bits per heavy atom. The summed E-state index contributed by atoms with van der Waals surface area (Å²) in [6.45, 7) is 4.23. The predicted molar refractivity (Wildman–Crippen MR) is 183 cm³/mol. The van der Waals surface area contributed by atoms with Crippen LogP contribution >= 0.6 is 23.4 Å². The second-order valence-electron chi connectivity index (χ2n) is 13.2. The lowest BCUT2D eigenvalue weighted by Gasteiger charge is -2.44. The van der Waals surface area contributed by atoms with Crippen molar-refractivity contribution >= 4 is 29.1 Å². The molecule has 4 aromatic rings. The van der Waals surface area contributed by atoms with Crippen LogP contribution in [0.15, 0.2) is 77.7 Å². The number of benzene rings is 2. The van der Waals surface area contributed by atoms with Gasteiger partial charge in [-0.25, -0.2) is 9.37 Å². The molecule has 0 aliphatic heterocycles. The van der Waals surface area contributed by atoms with E-state index in [2.05, 4.69) is 40.1 Å². The van der Waals surface area contributed by atoms with Crippen LogP contribution in [0.25, 0.3) is 11.4 Å². The maximum Gasteiger partial charge on any atom is 0.208 e. The Hall–Kier alpha value is -3.37. The van der Waals surface area contributed by atoms with E-state index in [-0.39, 0.29) is 28.7 Å². The van der Waals surface area contributed by atoms with Gasteiger partial charge < -0.3 is 10.2 Å². The van der Waals surface area contributed by atoms with E-state index in [0.717, 1.165) is 29.5 Å². The summed E-state index contributed by atoms with van der Waals surface area (Å²) in [6.07, 6.45) is 9.34. The van der Waals surface area contributed by atoms with Crippen molar-refractivity contribution in [3.8, 4) is 11.4 Å². The smallest absolute Gasteiger partial charge is 0.208 e. The molecule has 7 nitrogen and oxygen atoms in total. The van der Waals surface area contributed by atoms with Crippen molar-refractivity contribution in [2.45, 2.75) is 88.0 Å². The van der Waals surface area contributed by atoms with Gasteiger partial charge in [-0.1, -0.05) is 60.1 Å². The Balaban J connectivity index is 1.35. The number of allylic oxidation sites excluding steroid dienone is 2. The van der Waals surface area contributed by atoms with Crippen molar-refractivity contribution < 1.29 is 19.4 Å². The maximum atomic E-state index is 14.8. The molecule has 0 saturated heterocycles. The standard InChI is InChI=1S/C37H40ClFN4O3S/c1-23-5-4-15-36(2)30(12-16-37(36,46)22-47-35-41-34(42-43-35)25-13-17-40-18-14-25)27-11-9-24(19-26(44)10-8-23)20-28(27)33(45)21-29-31(38)6-3-7-32(29)39/h3,5-7,9,11,13-14,17-18,20,26,30,44,46H,4,8,10,12,15-16,19,21-22H2,1-2H3,(H,41,42,43)/t26-,30-,36-,37+/m0/s1. The number of nitrogens with zero attached hydrogens (tertiary/aromatic N) is 3. The number of aliphatic hydroxyl groups is 2. The number of thioether (sulfide) groups is 1. The molecule has 3 aliphatic carbocycles. The number of pyridine rings is 1. The fourth-order valence-corrected chi connectivity index (χ4v) is 8.65. The molecular weight excluding hydrogens is 635 g/mol. The molecule has 47 heavy (non-hydrogen) atoms. The molecule has 1 saturated carbocycles. The number of nitrogens with one attached hydrogen (secondary N) is 1. The van der Waals surface area contributed by atoms with E-state index in [1.807, 2.05) is 30.3 Å². The maximum absolute atomic E-state index is 14.8. The highest BCUT2D eigenvalue weighted by Gasteiger charge is 2.56. The summed E-state index contributed by atoms with van der Waals surface area (Å²) in [6, 6.07) is 14.0. The van der Waals surface area contributed by atoms with Crippen LogP contribution in [0.4, 0.5) is 4.39 Å². The van der Waals surface area contributed by atoms with Crippen LogP contribution in [0.5, 0.6) is 0 Å². The molecule has 2 bridgehead atoms. The molecule has 1 fully saturated rings. The Kier molecular flexibility index (Phi) is 9.99. The molecule has 4 atom stereocenters. The second-order valence-corrected chi connectivity index (χ2v) is 14.6. The van der Waals surface area contributed by atoms with Crippen LogP contribution in [0.3, 0.4) is 0 Å². The first-order valence-electron chi connectivity index (χ1n) is 16.2. The number of aromatic amines is 1. The molecule has 2 aromatic carbocycles. The van der Waals surface area contributed by atoms with E-state index in [9.17, 15) is 19.4 Å². The lowest BCUT2D eigenvalue weighted by Crippen LogP contribution is -2.46. The van der Waals surface area contributed by atoms with Crippen LogP contribution in [0.1, 0.15) is 85.3 Å². The number of aliphatic hydroxyl groups excluding tert-OH is 1. The number of hydrogen-bond donors (Lipinski definition) is 3. The van der Waals surface area contributed by atoms with Crippen molar-refractivity contribution in [1.82, 2.24) is 20.2 Å². The third-order valence-electron chi connectivity index (χ3n) is 10.2. The zero-order valence-electron chi connectivity index (χ0n) is 26.7. The molecule has 3 N–H and O–H groups in total. The predicted octanol–water partition coefficient (Wildman–Crippen LogP) is 7.92. The summed E-state index contributed by atoms with van der Waals surface area (Å²) in [4.78, 5) is 22.8. The monoisotopic (exact) mass is 674 g/mol. The number of carbonyl (C=O) groups is 1. The number of H-pyrrole nitrogens is 1. The summed E-state index contributed by atoms with van der Waals surface area (Å²) in [5.41, 5.74) is 2.78. The van der Waals surface area contributed by atoms with E-state index < -0.39 is 22.9 Å². The molecule has 0 amide bonds. The molecule has 3 aliphatic rings. The van der Waals surface area contributed by atoms with Gasteiger partial charge in [0.05, 0.1) is 11.7 Å². The minimum absolute atomic E-state index is 0.140. The molecular formula is C37H40ClFN4O3S. The number of halogens is 2. The first-order valence-corrected chi connectivity index (χ1v) is 17.5. The van der Waals surface area contributed by atoms with Crippen LogP contribution in [0.2, 0.25) is 5.02 Å². The topological polar surface area (TPSA) is 112 Å². The number of rotatable bonds is 7. The zero-order valence-corrected chi connectivity index (χ0v) is 28.3. The van der Waals surface area contributed by atoms with Crippen molar-refractivity contribution in [2.24, 2.45) is 5.41 Å². The summed E-state index contributed by atoms with van der Waals surface area (Å²) < 4.78 is 14.8. The van der Waals surface area contributed by atoms with Crippen molar-refractivity contribution in [3.05, 3.63) is 106 Å². The van der Waals surface area contributed by atoms with Crippen LogP contribution in [-0.4, -0.2) is 53.6 Å². The first kappa shape index (κ1) is 33.5. The van der Waals surface area contributed by atoms with Gasteiger partial charge in [-0.05, 0) is 99.2 Å². The fourth-order valence-electron chi connectivity index (χ4n) is 7.31. The Morgan fingerprint density at radius 1 is 1.15 bits per heavy atom. The fraction of sp³-hybridized carbons (Fsp3) is 0.405. The van der Waals surface area contributed by atoms with Crippen LogP contribution in [0, 0.1) is 11.2 Å². The Morgan fingerprint density at radius 3 is 2.74 bits per heavy atom. The van der Waals surface area contributed by atoms with Gasteiger partial charge in [-0.3, -0.25) is 14.9 Å². The van der Waals surface area contributed by atoms with E-state index in [1.165, 1.54) is 29.5 Å². The van der Waals surface area contributed by atoms with E-state index in [0.29, 0.717) is 54.4 Å². The highest BCUT2D eigenvalue weighted by Crippen LogP contribution is 2.59. The lowest BCUT2D eigenvalue weighted by molar-refractivity contribution is -0.0422. The second kappa shape index (κ2) is 14.0. The molecule has 0 radical (unpaired) electrons. The van der Waals surface area contributed by atoms with Gasteiger partial charge >= 0.3 is 0 Å². The molecule has 2 aromatic heterocycles. The Bertz CT molecular complexity index is 1760. The normalized spacial score (nSPS) is 24.9. The first-order chi connectivity index (χ1) is 22.6. The summed E-state index contributed by atoms with van der Waals surface area (Å²) in [7, 11) is 0. The van der Waals surface area contributed by atoms with Crippen molar-refractivity contribution in [1.29, 1.82) is 0 Å². The molecule has 246 valence electrons. The third-order valence-corrected chi connectivity index (χ3v) is 11.6. The number of fused-ring (bicyclic) bond motifs is 8. The van der Waals surface area contributed by atoms with Gasteiger partial charge in [0.15, 0.2) is 11.6 Å². The van der Waals surface area contributed by atoms with Gasteiger partial charge in [-0.2, -0.15) is 0 Å². The molecule has 7 rings (SSSR count). The SMILES string of the molecule is CC1=CCC[C@@]2(C)[C@@H](CC[C@@]2(O)CSc2n[nH]c(-c3ccncc3)n2)c2ccc(cc2C(=O)Cc2c(F)cccc2Cl)C[C@@H](O)CC1. The molecule has 10 heteroatoms. The van der Waals surface area contributed by atoms with Gasteiger partial charge in [0, 0.05) is 51.7 Å². The van der Waals surface area contributed by atoms with Gasteiger partial charge in [0.2, 0.25) is 5.16 Å². The largest absolute Gasteiger partial charge is 0.393 e. The number of aromatic nitrogens is 4. The van der Waals surface area contributed by atoms with E-state index in [4.69, 9.17) is 11.6 Å². The van der Waals surface area contributed by atoms with Crippen LogP contribution < -0.4 is 0 Å². The summed E-state index contributed by atoms with van der Waals surface area (Å²) in [5, 5.41) is 31.5. The van der Waals surface area contributed by atoms with E-state index in [1.54, 1.807) is 18.5 Å². The van der Waals surface area contributed by atoms with Gasteiger partial charge in [0.1, 0.15) is 5.82 Å². The number of ketones is 1. The summed E-state index contributed by atoms with van der Waals surface area (Å²) in [5.74, 6) is 0.133. The Labute approximate surface area is 284 Å². The van der Waals surface area contributed by atoms with Crippen molar-refractivity contribution in [2.75, 3.05) is 5.75 Å². The quantitative estimate of drug-likeness (QED) is 0.104. The minimum Gasteiger partial charge on any atom is -0.393 e. The van der Waals surface area contributed by atoms with Crippen LogP contribution in [-0.2, 0) is 12.8 Å². The lowest BCUT2D eigenvalue weighted by atomic mass is 9.65.